The van der Waals surface area contributed by atoms with Gasteiger partial charge in [-0.15, -0.1) is 0 Å². The Hall–Kier alpha value is -0.653. The van der Waals surface area contributed by atoms with E-state index in [4.69, 9.17) is 9.16 Å². The molecule has 1 saturated heterocycles. The largest absolute Gasteiger partial charge is 0.468 e. The summed E-state index contributed by atoms with van der Waals surface area (Å²) < 4.78 is 11.8. The highest BCUT2D eigenvalue weighted by molar-refractivity contribution is 6.77. The van der Waals surface area contributed by atoms with E-state index < -0.39 is 8.32 Å². The van der Waals surface area contributed by atoms with E-state index in [1.807, 2.05) is 0 Å². The summed E-state index contributed by atoms with van der Waals surface area (Å²) in [6.07, 6.45) is 5.30. The Morgan fingerprint density at radius 3 is 2.25 bits per heavy atom. The number of carbonyl (C=O) groups is 1. The number of carbonyl (C=O) groups excluding carboxylic acids is 1. The molecule has 0 aromatic rings. The van der Waals surface area contributed by atoms with E-state index in [0.29, 0.717) is 16.6 Å². The van der Waals surface area contributed by atoms with Gasteiger partial charge < -0.3 is 9.16 Å². The summed E-state index contributed by atoms with van der Waals surface area (Å²) in [5, 5.41) is 3.44. The minimum Gasteiger partial charge on any atom is -0.468 e. The van der Waals surface area contributed by atoms with E-state index in [9.17, 15) is 4.79 Å². The van der Waals surface area contributed by atoms with Crippen LogP contribution in [-0.2, 0) is 14.0 Å². The van der Waals surface area contributed by atoms with Gasteiger partial charge in [0.25, 0.3) is 0 Å². The standard InChI is InChI=1S/C19H35NO3Si/c1-12(2)24(13(3)4,14(5)6)23-16-9-8-15-10-18(19(21)22-7)20-17(15)11-16/h8,12-14,16-18,20H,9-11H2,1-7H3/t16-,17+,18+/m1/s1. The lowest BCUT2D eigenvalue weighted by Crippen LogP contribution is -2.51. The highest BCUT2D eigenvalue weighted by atomic mass is 28.4. The van der Waals surface area contributed by atoms with Crippen LogP contribution in [0.25, 0.3) is 0 Å². The predicted molar refractivity (Wildman–Crippen MR) is 101 cm³/mol. The van der Waals surface area contributed by atoms with Crippen LogP contribution < -0.4 is 5.32 Å². The normalized spacial score (nSPS) is 27.6. The van der Waals surface area contributed by atoms with Crippen molar-refractivity contribution in [2.24, 2.45) is 0 Å². The van der Waals surface area contributed by atoms with Crippen LogP contribution in [0.3, 0.4) is 0 Å². The van der Waals surface area contributed by atoms with Crippen molar-refractivity contribution < 1.29 is 14.0 Å². The highest BCUT2D eigenvalue weighted by Gasteiger charge is 2.47. The first-order valence-corrected chi connectivity index (χ1v) is 11.6. The summed E-state index contributed by atoms with van der Waals surface area (Å²) in [5.74, 6) is -0.155. The molecule has 0 aromatic carbocycles. The van der Waals surface area contributed by atoms with Crippen molar-refractivity contribution in [1.29, 1.82) is 0 Å². The topological polar surface area (TPSA) is 47.6 Å². The summed E-state index contributed by atoms with van der Waals surface area (Å²) >= 11 is 0. The van der Waals surface area contributed by atoms with Crippen molar-refractivity contribution in [1.82, 2.24) is 5.32 Å². The average molecular weight is 354 g/mol. The maximum Gasteiger partial charge on any atom is 0.323 e. The monoisotopic (exact) mass is 353 g/mol. The summed E-state index contributed by atoms with van der Waals surface area (Å²) in [7, 11) is -0.395. The number of ether oxygens (including phenoxy) is 1. The molecule has 1 heterocycles. The molecule has 2 aliphatic rings. The van der Waals surface area contributed by atoms with Crippen LogP contribution in [0.4, 0.5) is 0 Å². The van der Waals surface area contributed by atoms with Crippen molar-refractivity contribution >= 4 is 14.3 Å². The van der Waals surface area contributed by atoms with Gasteiger partial charge in [0.1, 0.15) is 6.04 Å². The summed E-state index contributed by atoms with van der Waals surface area (Å²) in [6, 6.07) is 0.0818. The fourth-order valence-electron chi connectivity index (χ4n) is 4.96. The lowest BCUT2D eigenvalue weighted by molar-refractivity contribution is -0.142. The molecular formula is C19H35NO3Si. The third kappa shape index (κ3) is 3.63. The van der Waals surface area contributed by atoms with Gasteiger partial charge in [0.15, 0.2) is 0 Å². The zero-order valence-electron chi connectivity index (χ0n) is 16.4. The van der Waals surface area contributed by atoms with Crippen LogP contribution in [0.5, 0.6) is 0 Å². The van der Waals surface area contributed by atoms with Gasteiger partial charge in [-0.1, -0.05) is 53.2 Å². The molecular weight excluding hydrogens is 318 g/mol. The molecule has 24 heavy (non-hydrogen) atoms. The Kier molecular flexibility index (Phi) is 6.32. The Morgan fingerprint density at radius 1 is 1.17 bits per heavy atom. The first kappa shape index (κ1) is 19.7. The minimum atomic E-state index is -1.85. The van der Waals surface area contributed by atoms with Gasteiger partial charge in [0.2, 0.25) is 8.32 Å². The molecule has 1 aliphatic heterocycles. The third-order valence-corrected chi connectivity index (χ3v) is 12.2. The number of rotatable bonds is 6. The molecule has 0 saturated carbocycles. The number of esters is 1. The van der Waals surface area contributed by atoms with Crippen molar-refractivity contribution in [3.8, 4) is 0 Å². The predicted octanol–water partition coefficient (Wildman–Crippen LogP) is 4.17. The van der Waals surface area contributed by atoms with Crippen LogP contribution in [0, 0.1) is 0 Å². The molecule has 0 spiro atoms. The van der Waals surface area contributed by atoms with Crippen molar-refractivity contribution in [2.75, 3.05) is 7.11 Å². The smallest absolute Gasteiger partial charge is 0.323 e. The molecule has 2 rings (SSSR count). The Balaban J connectivity index is 2.09. The zero-order valence-corrected chi connectivity index (χ0v) is 17.4. The third-order valence-electron chi connectivity index (χ3n) is 5.99. The van der Waals surface area contributed by atoms with Crippen LogP contribution in [0.1, 0.15) is 60.8 Å². The van der Waals surface area contributed by atoms with E-state index in [-0.39, 0.29) is 24.2 Å². The molecule has 5 heteroatoms. The average Bonchev–Trinajstić information content (AvgIpc) is 2.93. The summed E-state index contributed by atoms with van der Waals surface area (Å²) in [4.78, 5) is 11.8. The SMILES string of the molecule is COC(=O)[C@@H]1CC2=CC[C@@H](O[Si](C(C)C)(C(C)C)C(C)C)C[C@@H]2N1. The number of nitrogens with one attached hydrogen (secondary N) is 1. The second kappa shape index (κ2) is 7.71. The molecule has 0 radical (unpaired) electrons. The van der Waals surface area contributed by atoms with Gasteiger partial charge in [-0.05, 0) is 35.9 Å². The van der Waals surface area contributed by atoms with Gasteiger partial charge >= 0.3 is 5.97 Å². The molecule has 138 valence electrons. The molecule has 0 aromatic heterocycles. The van der Waals surface area contributed by atoms with E-state index >= 15 is 0 Å². The molecule has 4 nitrogen and oxygen atoms in total. The van der Waals surface area contributed by atoms with Crippen LogP contribution in [-0.4, -0.2) is 39.6 Å². The summed E-state index contributed by atoms with van der Waals surface area (Å²) in [5.41, 5.74) is 3.16. The van der Waals surface area contributed by atoms with E-state index in [1.165, 1.54) is 12.7 Å². The first-order chi connectivity index (χ1) is 11.2. The van der Waals surface area contributed by atoms with Crippen molar-refractivity contribution in [2.45, 2.75) is 95.6 Å². The Labute approximate surface area is 148 Å². The van der Waals surface area contributed by atoms with E-state index in [1.54, 1.807) is 0 Å². The summed E-state index contributed by atoms with van der Waals surface area (Å²) in [6.45, 7) is 14.0. The molecule has 0 unspecified atom stereocenters. The van der Waals surface area contributed by atoms with E-state index in [0.717, 1.165) is 19.3 Å². The maximum absolute atomic E-state index is 11.8. The lowest BCUT2D eigenvalue weighted by atomic mass is 9.93. The molecule has 3 atom stereocenters. The molecule has 1 N–H and O–H groups in total. The second-order valence-electron chi connectivity index (χ2n) is 8.31. The number of methoxy groups -OCH3 is 1. The highest BCUT2D eigenvalue weighted by Crippen LogP contribution is 2.44. The fourth-order valence-corrected chi connectivity index (χ4v) is 10.5. The zero-order chi connectivity index (χ0) is 18.1. The van der Waals surface area contributed by atoms with E-state index in [2.05, 4.69) is 52.9 Å². The van der Waals surface area contributed by atoms with Crippen LogP contribution in [0.2, 0.25) is 16.6 Å². The van der Waals surface area contributed by atoms with Gasteiger partial charge in [-0.25, -0.2) is 0 Å². The number of hydrogen-bond donors (Lipinski definition) is 1. The quantitative estimate of drug-likeness (QED) is 0.442. The molecule has 0 bridgehead atoms. The first-order valence-electron chi connectivity index (χ1n) is 9.42. The minimum absolute atomic E-state index is 0.155. The van der Waals surface area contributed by atoms with Gasteiger partial charge in [-0.3, -0.25) is 10.1 Å². The second-order valence-corrected chi connectivity index (χ2v) is 13.7. The van der Waals surface area contributed by atoms with Gasteiger partial charge in [-0.2, -0.15) is 0 Å². The number of hydrogen-bond acceptors (Lipinski definition) is 4. The van der Waals surface area contributed by atoms with Crippen LogP contribution >= 0.6 is 0 Å². The lowest BCUT2D eigenvalue weighted by Gasteiger charge is -2.45. The molecule has 1 fully saturated rings. The molecule has 0 amide bonds. The molecule has 1 aliphatic carbocycles. The van der Waals surface area contributed by atoms with Gasteiger partial charge in [0, 0.05) is 6.04 Å². The number of fused-ring (bicyclic) bond motifs is 1. The van der Waals surface area contributed by atoms with Gasteiger partial charge in [0.05, 0.1) is 13.2 Å². The van der Waals surface area contributed by atoms with Crippen molar-refractivity contribution in [3.05, 3.63) is 11.6 Å². The van der Waals surface area contributed by atoms with Crippen LogP contribution in [0.15, 0.2) is 11.6 Å². The fraction of sp³-hybridized carbons (Fsp3) is 0.842. The maximum atomic E-state index is 11.8. The Morgan fingerprint density at radius 2 is 1.75 bits per heavy atom. The van der Waals surface area contributed by atoms with Crippen molar-refractivity contribution in [3.63, 3.8) is 0 Å². The Bertz CT molecular complexity index is 465.